The Balaban J connectivity index is 0.000000960. The van der Waals surface area contributed by atoms with E-state index in [1.165, 1.54) is 96.3 Å². The molecule has 0 aromatic carbocycles. The zero-order chi connectivity index (χ0) is 26.2. The van der Waals surface area contributed by atoms with Crippen LogP contribution < -0.4 is 42.5 Å². The van der Waals surface area contributed by atoms with Gasteiger partial charge in [-0.1, -0.05) is 51.4 Å². The van der Waals surface area contributed by atoms with E-state index in [0.717, 1.165) is 35.5 Å². The summed E-state index contributed by atoms with van der Waals surface area (Å²) in [5, 5.41) is 33.7. The van der Waals surface area contributed by atoms with Crippen molar-refractivity contribution in [2.45, 2.75) is 146 Å². The number of nitrogens with one attached hydrogen (secondary N) is 8. The van der Waals surface area contributed by atoms with Crippen LogP contribution in [0.1, 0.15) is 96.3 Å². The number of hydrogen-bond acceptors (Lipinski definition) is 8. The van der Waals surface area contributed by atoms with E-state index in [2.05, 4.69) is 49.0 Å². The van der Waals surface area contributed by atoms with Gasteiger partial charge in [-0.2, -0.15) is 6.42 Å². The number of rotatable bonds is 0. The van der Waals surface area contributed by atoms with E-state index in [-0.39, 0.29) is 61.0 Å². The summed E-state index contributed by atoms with van der Waals surface area (Å²) in [6, 6.07) is 0. The van der Waals surface area contributed by atoms with Crippen molar-refractivity contribution < 1.29 is 61.0 Å². The standard InChI is InChI=1S/C32H55N8.Co.Cu.H2O.Ti/c1-2-10-18-17(9-1)25-33-26(18)38-28-21-13-5-6-14-22(21)30(35-28)40-32-24-16-8-7-15-23(24)31(36-32)39-29-20-12-4-3-11-19(20)27(34-29)37-25;;;;/h9,17-40H,1-8,10-16H2;;;1H2;/q-1;;;;. The molecule has 44 heavy (non-hydrogen) atoms. The summed E-state index contributed by atoms with van der Waals surface area (Å²) in [7, 11) is 0. The summed E-state index contributed by atoms with van der Waals surface area (Å²) in [5.74, 6) is 5.74. The first-order chi connectivity index (χ1) is 19.8. The van der Waals surface area contributed by atoms with E-state index >= 15 is 0 Å². The van der Waals surface area contributed by atoms with Gasteiger partial charge in [-0.15, -0.1) is 5.92 Å². The summed E-state index contributed by atoms with van der Waals surface area (Å²) >= 11 is 0. The summed E-state index contributed by atoms with van der Waals surface area (Å²) in [4.78, 5) is 0. The maximum atomic E-state index is 4.25. The van der Waals surface area contributed by atoms with Gasteiger partial charge in [0.15, 0.2) is 0 Å². The quantitative estimate of drug-likeness (QED) is 0.139. The molecule has 5 aliphatic heterocycles. The van der Waals surface area contributed by atoms with E-state index in [0.29, 0.717) is 61.2 Å². The Morgan fingerprint density at radius 3 is 0.932 bits per heavy atom. The van der Waals surface area contributed by atoms with Crippen molar-refractivity contribution in [3.63, 3.8) is 0 Å². The minimum absolute atomic E-state index is 0. The molecule has 4 aliphatic carbocycles. The van der Waals surface area contributed by atoms with Crippen LogP contribution >= 0.6 is 0 Å². The zero-order valence-corrected chi connectivity index (χ0v) is 29.6. The average molecular weight is 740 g/mol. The van der Waals surface area contributed by atoms with Crippen LogP contribution in [-0.4, -0.2) is 54.8 Å². The monoisotopic (exact) mass is 739 g/mol. The Kier molecular flexibility index (Phi) is 12.9. The summed E-state index contributed by atoms with van der Waals surface area (Å²) in [5.41, 5.74) is 0. The largest absolute Gasteiger partial charge is 0.412 e. The fourth-order valence-corrected chi connectivity index (χ4v) is 11.7. The van der Waals surface area contributed by atoms with Crippen molar-refractivity contribution in [1.82, 2.24) is 42.5 Å². The van der Waals surface area contributed by atoms with Crippen molar-refractivity contribution in [3.05, 3.63) is 6.42 Å². The molecule has 8 bridgehead atoms. The molecule has 9 rings (SSSR count). The van der Waals surface area contributed by atoms with Crippen LogP contribution in [0.25, 0.3) is 0 Å². The predicted molar refractivity (Wildman–Crippen MR) is 160 cm³/mol. The van der Waals surface area contributed by atoms with Gasteiger partial charge in [0, 0.05) is 61.7 Å². The first-order valence-corrected chi connectivity index (χ1v) is 17.7. The van der Waals surface area contributed by atoms with Gasteiger partial charge in [-0.3, -0.25) is 42.5 Å². The SMILES string of the molecule is O.[CH-]1CCCC2C3NC(NC4NC(NC5NC(NC6NC(N3)C3CCCCC63)C3CCCCC53)C3CCCCC43)C12.[Co].[Cu].[Ti]. The van der Waals surface area contributed by atoms with Crippen molar-refractivity contribution in [2.24, 2.45) is 47.3 Å². The molecular weight excluding hydrogens is 683 g/mol. The average Bonchev–Trinajstić information content (AvgIpc) is 3.73. The molecule has 12 heteroatoms. The van der Waals surface area contributed by atoms with Crippen LogP contribution in [0.15, 0.2) is 0 Å². The molecular formula is C32H57CoCuN8OTi-. The molecule has 2 radical (unpaired) electrons. The second kappa shape index (κ2) is 15.5. The smallest absolute Gasteiger partial charge is 0.0628 e. The van der Waals surface area contributed by atoms with Gasteiger partial charge in [0.25, 0.3) is 0 Å². The topological polar surface area (TPSA) is 128 Å². The minimum atomic E-state index is 0. The zero-order valence-electron chi connectivity index (χ0n) is 26.1. The van der Waals surface area contributed by atoms with Crippen LogP contribution in [0.3, 0.4) is 0 Å². The molecule has 9 nitrogen and oxygen atoms in total. The fourth-order valence-electron chi connectivity index (χ4n) is 11.7. The van der Waals surface area contributed by atoms with E-state index in [1.54, 1.807) is 0 Å². The first-order valence-electron chi connectivity index (χ1n) is 17.7. The first kappa shape index (κ1) is 36.7. The Morgan fingerprint density at radius 1 is 0.364 bits per heavy atom. The maximum absolute atomic E-state index is 4.25. The van der Waals surface area contributed by atoms with Gasteiger partial charge < -0.3 is 11.9 Å². The van der Waals surface area contributed by atoms with Gasteiger partial charge in [0.2, 0.25) is 0 Å². The molecule has 16 atom stereocenters. The van der Waals surface area contributed by atoms with Crippen LogP contribution in [0.5, 0.6) is 0 Å². The van der Waals surface area contributed by atoms with Crippen molar-refractivity contribution in [1.29, 1.82) is 0 Å². The van der Waals surface area contributed by atoms with Gasteiger partial charge in [-0.05, 0) is 80.0 Å². The predicted octanol–water partition coefficient (Wildman–Crippen LogP) is 1.59. The van der Waals surface area contributed by atoms with Crippen LogP contribution in [0.4, 0.5) is 0 Å². The second-order valence-corrected chi connectivity index (χ2v) is 15.4. The van der Waals surface area contributed by atoms with E-state index in [1.807, 2.05) is 0 Å². The molecule has 16 unspecified atom stereocenters. The van der Waals surface area contributed by atoms with E-state index in [4.69, 9.17) is 0 Å². The van der Waals surface area contributed by atoms with Gasteiger partial charge >= 0.3 is 0 Å². The maximum Gasteiger partial charge on any atom is 0.0628 e. The molecule has 10 N–H and O–H groups in total. The van der Waals surface area contributed by atoms with Crippen LogP contribution in [0.2, 0.25) is 0 Å². The van der Waals surface area contributed by atoms with E-state index in [9.17, 15) is 0 Å². The third-order valence-electron chi connectivity index (χ3n) is 13.6. The Morgan fingerprint density at radius 2 is 0.614 bits per heavy atom. The van der Waals surface area contributed by atoms with Crippen molar-refractivity contribution in [2.75, 3.05) is 0 Å². The number of fused-ring (bicyclic) bond motifs is 20. The molecule has 0 aromatic rings. The normalized spacial score (nSPS) is 52.4. The van der Waals surface area contributed by atoms with Crippen molar-refractivity contribution >= 4 is 0 Å². The molecule has 0 amide bonds. The molecule has 9 fully saturated rings. The van der Waals surface area contributed by atoms with Crippen LogP contribution in [0, 0.1) is 53.8 Å². The summed E-state index contributed by atoms with van der Waals surface area (Å²) < 4.78 is 0. The molecule has 0 spiro atoms. The van der Waals surface area contributed by atoms with E-state index < -0.39 is 0 Å². The summed E-state index contributed by atoms with van der Waals surface area (Å²) in [6.07, 6.45) is 26.4. The molecule has 4 saturated carbocycles. The van der Waals surface area contributed by atoms with Gasteiger partial charge in [-0.25, -0.2) is 0 Å². The molecule has 9 aliphatic rings. The van der Waals surface area contributed by atoms with Gasteiger partial charge in [0.05, 0.1) is 43.2 Å². The summed E-state index contributed by atoms with van der Waals surface area (Å²) in [6.45, 7) is 0. The Bertz CT molecular complexity index is 737. The Hall–Kier alpha value is 1.38. The molecule has 5 heterocycles. The van der Waals surface area contributed by atoms with Crippen LogP contribution in [-0.2, 0) is 55.6 Å². The fraction of sp³-hybridized carbons (Fsp3) is 0.969. The molecule has 5 saturated heterocycles. The Labute approximate surface area is 301 Å². The minimum Gasteiger partial charge on any atom is -0.412 e. The van der Waals surface area contributed by atoms with Crippen molar-refractivity contribution in [3.8, 4) is 0 Å². The third kappa shape index (κ3) is 6.51. The number of hydrogen-bond donors (Lipinski definition) is 8. The molecule has 256 valence electrons. The molecule has 0 aromatic heterocycles. The second-order valence-electron chi connectivity index (χ2n) is 15.4. The third-order valence-corrected chi connectivity index (χ3v) is 13.6. The van der Waals surface area contributed by atoms with Gasteiger partial charge in [0.1, 0.15) is 0 Å².